The summed E-state index contributed by atoms with van der Waals surface area (Å²) in [6.45, 7) is 1.29. The number of rotatable bonds is 8. The zero-order valence-electron chi connectivity index (χ0n) is 10.5. The average Bonchev–Trinajstić information content (AvgIpc) is 2.33. The zero-order valence-corrected chi connectivity index (χ0v) is 11.3. The van der Waals surface area contributed by atoms with Crippen LogP contribution in [0.3, 0.4) is 0 Å². The third kappa shape index (κ3) is 8.18. The van der Waals surface area contributed by atoms with Crippen molar-refractivity contribution in [2.45, 2.75) is 19.4 Å². The first-order valence-electron chi connectivity index (χ1n) is 5.78. The van der Waals surface area contributed by atoms with Gasteiger partial charge in [0.05, 0.1) is 12.8 Å². The van der Waals surface area contributed by atoms with Gasteiger partial charge in [0, 0.05) is 19.6 Å². The highest BCUT2D eigenvalue weighted by Crippen LogP contribution is 2.06. The summed E-state index contributed by atoms with van der Waals surface area (Å²) in [6.07, 6.45) is 0.0406. The zero-order chi connectivity index (χ0) is 13.4. The Kier molecular flexibility index (Phi) is 8.57. The fraction of sp³-hybridized carbons (Fsp3) is 0.385. The lowest BCUT2D eigenvalue weighted by Crippen LogP contribution is -2.28. The first-order valence-corrected chi connectivity index (χ1v) is 5.78. The van der Waals surface area contributed by atoms with E-state index in [1.807, 2.05) is 35.2 Å². The molecule has 0 aromatic heterocycles. The van der Waals surface area contributed by atoms with Gasteiger partial charge in [-0.25, -0.2) is 0 Å². The molecule has 1 rings (SSSR count). The van der Waals surface area contributed by atoms with Crippen molar-refractivity contribution < 1.29 is 19.8 Å². The number of benzene rings is 1. The van der Waals surface area contributed by atoms with E-state index in [4.69, 9.17) is 10.2 Å². The minimum Gasteiger partial charge on any atom is -0.481 e. The molecule has 6 heteroatoms. The maximum atomic E-state index is 10.6. The van der Waals surface area contributed by atoms with E-state index in [0.717, 1.165) is 5.56 Å². The molecule has 0 saturated heterocycles. The van der Waals surface area contributed by atoms with Crippen molar-refractivity contribution in [1.82, 2.24) is 4.90 Å². The van der Waals surface area contributed by atoms with Crippen molar-refractivity contribution >= 4 is 24.3 Å². The van der Waals surface area contributed by atoms with E-state index < -0.39 is 11.9 Å². The van der Waals surface area contributed by atoms with Crippen LogP contribution in [0.15, 0.2) is 30.3 Å². The molecule has 0 unspecified atom stereocenters. The van der Waals surface area contributed by atoms with E-state index >= 15 is 0 Å². The predicted octanol–water partition coefficient (Wildman–Crippen LogP) is 1.86. The van der Waals surface area contributed by atoms with Crippen LogP contribution in [0.25, 0.3) is 0 Å². The minimum absolute atomic E-state index is 0. The molecule has 0 heterocycles. The third-order valence-corrected chi connectivity index (χ3v) is 2.53. The number of carboxylic acids is 2. The molecule has 2 N–H and O–H groups in total. The normalized spacial score (nSPS) is 9.95. The fourth-order valence-electron chi connectivity index (χ4n) is 1.62. The third-order valence-electron chi connectivity index (χ3n) is 2.53. The Hall–Kier alpha value is -1.59. The summed E-state index contributed by atoms with van der Waals surface area (Å²) in [7, 11) is 0. The molecular weight excluding hydrogens is 270 g/mol. The van der Waals surface area contributed by atoms with E-state index in [1.165, 1.54) is 0 Å². The Morgan fingerprint density at radius 3 is 1.84 bits per heavy atom. The first-order chi connectivity index (χ1) is 8.58. The molecule has 19 heavy (non-hydrogen) atoms. The SMILES string of the molecule is Cl.O=C(O)CCN(CCC(=O)O)Cc1ccccc1. The second-order valence-corrected chi connectivity index (χ2v) is 4.05. The van der Waals surface area contributed by atoms with Crippen LogP contribution < -0.4 is 0 Å². The number of carbonyl (C=O) groups is 2. The van der Waals surface area contributed by atoms with Gasteiger partial charge in [-0.2, -0.15) is 0 Å². The molecule has 0 fully saturated rings. The highest BCUT2D eigenvalue weighted by molar-refractivity contribution is 5.85. The van der Waals surface area contributed by atoms with E-state index in [0.29, 0.717) is 19.6 Å². The molecule has 0 atom stereocenters. The van der Waals surface area contributed by atoms with E-state index in [2.05, 4.69) is 0 Å². The van der Waals surface area contributed by atoms with Gasteiger partial charge in [-0.05, 0) is 5.56 Å². The predicted molar refractivity (Wildman–Crippen MR) is 73.5 cm³/mol. The summed E-state index contributed by atoms with van der Waals surface area (Å²) in [5.41, 5.74) is 1.05. The summed E-state index contributed by atoms with van der Waals surface area (Å²) in [6, 6.07) is 9.59. The topological polar surface area (TPSA) is 77.8 Å². The Balaban J connectivity index is 0.00000324. The van der Waals surface area contributed by atoms with Crippen LogP contribution in [0.4, 0.5) is 0 Å². The maximum absolute atomic E-state index is 10.6. The van der Waals surface area contributed by atoms with Crippen molar-refractivity contribution in [2.75, 3.05) is 13.1 Å². The highest BCUT2D eigenvalue weighted by atomic mass is 35.5. The summed E-state index contributed by atoms with van der Waals surface area (Å²) < 4.78 is 0. The molecule has 0 amide bonds. The Bertz CT molecular complexity index is 379. The van der Waals surface area contributed by atoms with Crippen LogP contribution in [0.5, 0.6) is 0 Å². The van der Waals surface area contributed by atoms with E-state index in [-0.39, 0.29) is 25.2 Å². The van der Waals surface area contributed by atoms with Gasteiger partial charge < -0.3 is 10.2 Å². The monoisotopic (exact) mass is 287 g/mol. The second kappa shape index (κ2) is 9.35. The number of carboxylic acid groups (broad SMARTS) is 2. The van der Waals surface area contributed by atoms with Crippen LogP contribution in [-0.4, -0.2) is 40.1 Å². The van der Waals surface area contributed by atoms with Crippen LogP contribution in [-0.2, 0) is 16.1 Å². The molecule has 106 valence electrons. The van der Waals surface area contributed by atoms with Gasteiger partial charge in [0.1, 0.15) is 0 Å². The largest absolute Gasteiger partial charge is 0.481 e. The fourth-order valence-corrected chi connectivity index (χ4v) is 1.62. The first kappa shape index (κ1) is 17.4. The van der Waals surface area contributed by atoms with Crippen molar-refractivity contribution in [3.8, 4) is 0 Å². The van der Waals surface area contributed by atoms with Gasteiger partial charge in [-0.15, -0.1) is 12.4 Å². The summed E-state index contributed by atoms with van der Waals surface area (Å²) >= 11 is 0. The number of hydrogen-bond donors (Lipinski definition) is 2. The van der Waals surface area contributed by atoms with E-state index in [1.54, 1.807) is 0 Å². The van der Waals surface area contributed by atoms with Gasteiger partial charge in [-0.3, -0.25) is 14.5 Å². The summed E-state index contributed by atoms with van der Waals surface area (Å²) in [5, 5.41) is 17.3. The van der Waals surface area contributed by atoms with Gasteiger partial charge in [0.25, 0.3) is 0 Å². The lowest BCUT2D eigenvalue weighted by Gasteiger charge is -2.20. The molecule has 0 saturated carbocycles. The highest BCUT2D eigenvalue weighted by Gasteiger charge is 2.10. The molecule has 5 nitrogen and oxygen atoms in total. The molecule has 1 aromatic rings. The minimum atomic E-state index is -0.872. The van der Waals surface area contributed by atoms with Crippen molar-refractivity contribution in [1.29, 1.82) is 0 Å². The molecule has 0 aliphatic carbocycles. The van der Waals surface area contributed by atoms with Gasteiger partial charge >= 0.3 is 11.9 Å². The lowest BCUT2D eigenvalue weighted by atomic mass is 10.2. The Morgan fingerprint density at radius 1 is 0.947 bits per heavy atom. The molecule has 0 spiro atoms. The summed E-state index contributed by atoms with van der Waals surface area (Å²) in [4.78, 5) is 22.9. The summed E-state index contributed by atoms with van der Waals surface area (Å²) in [5.74, 6) is -1.74. The van der Waals surface area contributed by atoms with Gasteiger partial charge in [-0.1, -0.05) is 30.3 Å². The van der Waals surface area contributed by atoms with Crippen LogP contribution in [0, 0.1) is 0 Å². The standard InChI is InChI=1S/C13H17NO4.ClH/c15-12(16)6-8-14(9-7-13(17)18)10-11-4-2-1-3-5-11;/h1-5H,6-10H2,(H,15,16)(H,17,18);1H. The molecule has 0 radical (unpaired) electrons. The van der Waals surface area contributed by atoms with Crippen LogP contribution in [0.2, 0.25) is 0 Å². The smallest absolute Gasteiger partial charge is 0.304 e. The van der Waals surface area contributed by atoms with Crippen molar-refractivity contribution in [3.05, 3.63) is 35.9 Å². The van der Waals surface area contributed by atoms with Crippen molar-refractivity contribution in [2.24, 2.45) is 0 Å². The number of nitrogens with zero attached hydrogens (tertiary/aromatic N) is 1. The van der Waals surface area contributed by atoms with E-state index in [9.17, 15) is 9.59 Å². The maximum Gasteiger partial charge on any atom is 0.304 e. The molecule has 0 aliphatic rings. The van der Waals surface area contributed by atoms with Crippen LogP contribution >= 0.6 is 12.4 Å². The van der Waals surface area contributed by atoms with Gasteiger partial charge in [0.2, 0.25) is 0 Å². The Morgan fingerprint density at radius 2 is 1.42 bits per heavy atom. The number of aliphatic carboxylic acids is 2. The average molecular weight is 288 g/mol. The lowest BCUT2D eigenvalue weighted by molar-refractivity contribution is -0.137. The molecule has 0 bridgehead atoms. The second-order valence-electron chi connectivity index (χ2n) is 4.05. The Labute approximate surface area is 118 Å². The molecule has 0 aliphatic heterocycles. The quantitative estimate of drug-likeness (QED) is 0.763. The van der Waals surface area contributed by atoms with Gasteiger partial charge in [0.15, 0.2) is 0 Å². The number of halogens is 1. The van der Waals surface area contributed by atoms with Crippen LogP contribution in [0.1, 0.15) is 18.4 Å². The molecule has 1 aromatic carbocycles. The molecular formula is C13H18ClNO4. The number of hydrogen-bond acceptors (Lipinski definition) is 3. The van der Waals surface area contributed by atoms with Crippen molar-refractivity contribution in [3.63, 3.8) is 0 Å².